The second kappa shape index (κ2) is 15.2. The van der Waals surface area contributed by atoms with Crippen molar-refractivity contribution in [1.29, 1.82) is 0 Å². The van der Waals surface area contributed by atoms with E-state index < -0.39 is 36.4 Å². The lowest BCUT2D eigenvalue weighted by Gasteiger charge is -2.41. The fourth-order valence-corrected chi connectivity index (χ4v) is 3.15. The van der Waals surface area contributed by atoms with Crippen LogP contribution in [0, 0.1) is 5.92 Å². The first kappa shape index (κ1) is 34.7. The zero-order valence-corrected chi connectivity index (χ0v) is 19.3. The van der Waals surface area contributed by atoms with Crippen LogP contribution in [0.25, 0.3) is 0 Å². The van der Waals surface area contributed by atoms with Gasteiger partial charge in [0.15, 0.2) is 0 Å². The first-order valence-electron chi connectivity index (χ1n) is 10.8. The molecule has 2 aliphatic heterocycles. The number of carbonyl (C=O) groups is 3. The Bertz CT molecular complexity index is 656. The van der Waals surface area contributed by atoms with Crippen LogP contribution in [0.5, 0.6) is 0 Å². The first-order chi connectivity index (χ1) is 16.7. The van der Waals surface area contributed by atoms with E-state index in [1.165, 1.54) is 71.5 Å². The minimum Gasteiger partial charge on any atom is -0.475 e. The number of aliphatic carboxylic acids is 3. The van der Waals surface area contributed by atoms with Gasteiger partial charge in [-0.2, -0.15) is 39.5 Å². The molecule has 0 radical (unpaired) electrons. The predicted octanol–water partition coefficient (Wildman–Crippen LogP) is 2.67. The fourth-order valence-electron chi connectivity index (χ4n) is 3.15. The largest absolute Gasteiger partial charge is 0.490 e. The number of piperidine rings is 1. The van der Waals surface area contributed by atoms with E-state index in [0.29, 0.717) is 0 Å². The Morgan fingerprint density at radius 2 is 0.973 bits per heavy atom. The zero-order chi connectivity index (χ0) is 29.0. The lowest BCUT2D eigenvalue weighted by molar-refractivity contribution is -0.193. The summed E-state index contributed by atoms with van der Waals surface area (Å²) in [6.07, 6.45) is -9.53. The standard InChI is InChI=1S/C13H25N3.3C2HF3O2/c1-2-12(1)11-15-7-9-16(10-8-15)13-3-5-14-6-4-13;3*3-2(4,5)1(6)7/h12-14H,1-11H2;3*(H,6,7). The molecular formula is C19H28F9N3O6. The molecule has 0 amide bonds. The van der Waals surface area contributed by atoms with Gasteiger partial charge >= 0.3 is 36.4 Å². The number of rotatable bonds is 3. The molecule has 2 heterocycles. The molecule has 0 aromatic heterocycles. The van der Waals surface area contributed by atoms with Crippen molar-refractivity contribution in [2.45, 2.75) is 50.3 Å². The third-order valence-corrected chi connectivity index (χ3v) is 5.17. The van der Waals surface area contributed by atoms with E-state index >= 15 is 0 Å². The van der Waals surface area contributed by atoms with E-state index in [9.17, 15) is 39.5 Å². The van der Waals surface area contributed by atoms with Gasteiger partial charge in [-0.3, -0.25) is 4.90 Å². The molecule has 4 N–H and O–H groups in total. The third kappa shape index (κ3) is 16.9. The number of nitrogens with one attached hydrogen (secondary N) is 1. The van der Waals surface area contributed by atoms with E-state index in [1.54, 1.807) is 0 Å². The second-order valence-corrected chi connectivity index (χ2v) is 8.17. The summed E-state index contributed by atoms with van der Waals surface area (Å²) in [5, 5.41) is 24.8. The summed E-state index contributed by atoms with van der Waals surface area (Å²) >= 11 is 0. The van der Waals surface area contributed by atoms with Crippen LogP contribution in [0.2, 0.25) is 0 Å². The van der Waals surface area contributed by atoms with Crippen LogP contribution in [-0.2, 0) is 14.4 Å². The smallest absolute Gasteiger partial charge is 0.475 e. The minimum atomic E-state index is -5.08. The summed E-state index contributed by atoms with van der Waals surface area (Å²) in [6.45, 7) is 9.12. The fraction of sp³-hybridized carbons (Fsp3) is 0.842. The van der Waals surface area contributed by atoms with E-state index in [0.717, 1.165) is 12.0 Å². The lowest BCUT2D eigenvalue weighted by atomic mass is 10.0. The van der Waals surface area contributed by atoms with Crippen molar-refractivity contribution in [3.05, 3.63) is 0 Å². The van der Waals surface area contributed by atoms with Crippen LogP contribution in [0.3, 0.4) is 0 Å². The van der Waals surface area contributed by atoms with Crippen LogP contribution in [0.15, 0.2) is 0 Å². The Morgan fingerprint density at radius 3 is 1.24 bits per heavy atom. The molecular weight excluding hydrogens is 537 g/mol. The highest BCUT2D eigenvalue weighted by Crippen LogP contribution is 2.30. The van der Waals surface area contributed by atoms with Crippen LogP contribution < -0.4 is 5.32 Å². The summed E-state index contributed by atoms with van der Waals surface area (Å²) in [5.74, 6) is -7.21. The van der Waals surface area contributed by atoms with Gasteiger partial charge in [0, 0.05) is 38.8 Å². The number of piperazine rings is 1. The molecule has 37 heavy (non-hydrogen) atoms. The zero-order valence-electron chi connectivity index (χ0n) is 19.3. The minimum absolute atomic E-state index is 0.879. The second-order valence-electron chi connectivity index (χ2n) is 8.17. The van der Waals surface area contributed by atoms with Crippen molar-refractivity contribution < 1.29 is 69.2 Å². The molecule has 3 rings (SSSR count). The van der Waals surface area contributed by atoms with Gasteiger partial charge in [-0.05, 0) is 44.7 Å². The normalized spacial score (nSPS) is 19.7. The van der Waals surface area contributed by atoms with Gasteiger partial charge < -0.3 is 25.5 Å². The number of alkyl halides is 9. The average molecular weight is 565 g/mol. The quantitative estimate of drug-likeness (QED) is 0.382. The molecule has 1 aliphatic carbocycles. The van der Waals surface area contributed by atoms with Crippen molar-refractivity contribution in [2.75, 3.05) is 45.8 Å². The molecule has 0 spiro atoms. The van der Waals surface area contributed by atoms with Crippen LogP contribution >= 0.6 is 0 Å². The van der Waals surface area contributed by atoms with E-state index in [4.69, 9.17) is 29.7 Å². The SMILES string of the molecule is C1CC(N2CCN(CC3CC3)CC2)CCN1.O=C(O)C(F)(F)F.O=C(O)C(F)(F)F.O=C(O)C(F)(F)F. The van der Waals surface area contributed by atoms with Gasteiger partial charge in [-0.15, -0.1) is 0 Å². The molecule has 0 unspecified atom stereocenters. The average Bonchev–Trinajstić information content (AvgIpc) is 3.58. The highest BCUT2D eigenvalue weighted by atomic mass is 19.4. The summed E-state index contributed by atoms with van der Waals surface area (Å²) < 4.78 is 95.2. The Morgan fingerprint density at radius 1 is 0.649 bits per heavy atom. The van der Waals surface area contributed by atoms with E-state index in [1.807, 2.05) is 0 Å². The predicted molar refractivity (Wildman–Crippen MR) is 108 cm³/mol. The Labute approximate surface area is 205 Å². The highest BCUT2D eigenvalue weighted by Gasteiger charge is 2.39. The highest BCUT2D eigenvalue weighted by molar-refractivity contribution is 5.73. The molecule has 9 nitrogen and oxygen atoms in total. The van der Waals surface area contributed by atoms with Gasteiger partial charge in [0.05, 0.1) is 0 Å². The Hall–Kier alpha value is -2.34. The number of halogens is 9. The summed E-state index contributed by atoms with van der Waals surface area (Å²) in [6, 6.07) is 0.879. The summed E-state index contributed by atoms with van der Waals surface area (Å²) in [5.41, 5.74) is 0. The maximum absolute atomic E-state index is 10.6. The molecule has 1 saturated carbocycles. The molecule has 3 aliphatic rings. The molecule has 0 aromatic carbocycles. The third-order valence-electron chi connectivity index (χ3n) is 5.17. The van der Waals surface area contributed by atoms with E-state index in [-0.39, 0.29) is 0 Å². The number of hydrogen-bond donors (Lipinski definition) is 4. The molecule has 18 heteroatoms. The van der Waals surface area contributed by atoms with Crippen molar-refractivity contribution in [3.63, 3.8) is 0 Å². The summed E-state index contributed by atoms with van der Waals surface area (Å²) in [7, 11) is 0. The van der Waals surface area contributed by atoms with Gasteiger partial charge in [0.2, 0.25) is 0 Å². The Kier molecular flexibility index (Phi) is 14.2. The molecule has 0 aromatic rings. The molecule has 2 saturated heterocycles. The van der Waals surface area contributed by atoms with Crippen molar-refractivity contribution in [1.82, 2.24) is 15.1 Å². The van der Waals surface area contributed by atoms with Gasteiger partial charge in [-0.25, -0.2) is 14.4 Å². The van der Waals surface area contributed by atoms with Crippen LogP contribution in [0.1, 0.15) is 25.7 Å². The summed E-state index contributed by atoms with van der Waals surface area (Å²) in [4.78, 5) is 32.1. The number of hydrogen-bond acceptors (Lipinski definition) is 6. The van der Waals surface area contributed by atoms with Gasteiger partial charge in [0.25, 0.3) is 0 Å². The lowest BCUT2D eigenvalue weighted by Crippen LogP contribution is -2.52. The molecule has 218 valence electrons. The monoisotopic (exact) mass is 565 g/mol. The van der Waals surface area contributed by atoms with Crippen LogP contribution in [-0.4, -0.2) is 113 Å². The molecule has 0 bridgehead atoms. The molecule has 0 atom stereocenters. The van der Waals surface area contributed by atoms with Gasteiger partial charge in [-0.1, -0.05) is 0 Å². The van der Waals surface area contributed by atoms with Crippen LogP contribution in [0.4, 0.5) is 39.5 Å². The molecule has 3 fully saturated rings. The number of carboxylic acid groups (broad SMARTS) is 3. The van der Waals surface area contributed by atoms with Crippen molar-refractivity contribution >= 4 is 17.9 Å². The van der Waals surface area contributed by atoms with Gasteiger partial charge in [0.1, 0.15) is 0 Å². The number of carboxylic acids is 3. The van der Waals surface area contributed by atoms with Crippen molar-refractivity contribution in [3.8, 4) is 0 Å². The Balaban J connectivity index is 0.000000525. The van der Waals surface area contributed by atoms with E-state index in [2.05, 4.69) is 15.1 Å². The first-order valence-corrected chi connectivity index (χ1v) is 10.8. The van der Waals surface area contributed by atoms with Crippen molar-refractivity contribution in [2.24, 2.45) is 5.92 Å². The maximum Gasteiger partial charge on any atom is 0.490 e. The number of nitrogens with zero attached hydrogens (tertiary/aromatic N) is 2. The maximum atomic E-state index is 10.6. The topological polar surface area (TPSA) is 130 Å².